The van der Waals surface area contributed by atoms with E-state index in [1.165, 1.54) is 23.7 Å². The van der Waals surface area contributed by atoms with Crippen LogP contribution in [0.2, 0.25) is 18.1 Å². The summed E-state index contributed by atoms with van der Waals surface area (Å²) >= 11 is 0. The van der Waals surface area contributed by atoms with Gasteiger partial charge in [0.1, 0.15) is 0 Å². The summed E-state index contributed by atoms with van der Waals surface area (Å²) in [7, 11) is -1.47. The maximum Gasteiger partial charge on any atom is 0.192 e. The van der Waals surface area contributed by atoms with E-state index in [0.717, 1.165) is 0 Å². The molecule has 0 N–H and O–H groups in total. The third kappa shape index (κ3) is 4.43. The van der Waals surface area contributed by atoms with Gasteiger partial charge in [-0.15, -0.1) is 0 Å². The minimum Gasteiger partial charge on any atom is -0.411 e. The molecule has 1 rings (SSSR count). The van der Waals surface area contributed by atoms with E-state index in [2.05, 4.69) is 64.1 Å². The van der Waals surface area contributed by atoms with Crippen LogP contribution in [0.1, 0.15) is 33.3 Å². The minimum atomic E-state index is -1.47. The zero-order valence-electron chi connectivity index (χ0n) is 12.1. The SMILES string of the molecule is CC[Si](CC)(CC)OC(C)/C=C/c1ccccc1. The van der Waals surface area contributed by atoms with E-state index in [4.69, 9.17) is 4.43 Å². The molecule has 0 aliphatic heterocycles. The Kier molecular flexibility index (Phi) is 6.37. The lowest BCUT2D eigenvalue weighted by molar-refractivity contribution is 0.253. The van der Waals surface area contributed by atoms with Crippen molar-refractivity contribution in [1.82, 2.24) is 0 Å². The second-order valence-electron chi connectivity index (χ2n) is 4.84. The average Bonchev–Trinajstić information content (AvgIpc) is 2.44. The fourth-order valence-corrected chi connectivity index (χ4v) is 5.11. The molecule has 18 heavy (non-hydrogen) atoms. The lowest BCUT2D eigenvalue weighted by atomic mass is 10.2. The Morgan fingerprint density at radius 2 is 1.61 bits per heavy atom. The van der Waals surface area contributed by atoms with Gasteiger partial charge in [-0.2, -0.15) is 0 Å². The summed E-state index contributed by atoms with van der Waals surface area (Å²) in [6.45, 7) is 8.97. The Bertz CT molecular complexity index is 346. The molecule has 1 nitrogen and oxygen atoms in total. The predicted octanol–water partition coefficient (Wildman–Crippen LogP) is 5.11. The summed E-state index contributed by atoms with van der Waals surface area (Å²) in [6, 6.07) is 14.0. The molecule has 0 aromatic heterocycles. The van der Waals surface area contributed by atoms with E-state index in [-0.39, 0.29) is 6.10 Å². The predicted molar refractivity (Wildman–Crippen MR) is 83.2 cm³/mol. The highest BCUT2D eigenvalue weighted by Gasteiger charge is 2.29. The molecule has 0 heterocycles. The van der Waals surface area contributed by atoms with Gasteiger partial charge < -0.3 is 4.43 Å². The number of hydrogen-bond donors (Lipinski definition) is 0. The summed E-state index contributed by atoms with van der Waals surface area (Å²) < 4.78 is 6.36. The Morgan fingerprint density at radius 3 is 2.11 bits per heavy atom. The lowest BCUT2D eigenvalue weighted by Gasteiger charge is -2.30. The standard InChI is InChI=1S/C16H26OSi/c1-5-18(6-2,7-3)17-15(4)13-14-16-11-9-8-10-12-16/h8-15H,5-7H2,1-4H3/b14-13+. The molecule has 0 fully saturated rings. The molecule has 0 aliphatic carbocycles. The van der Waals surface area contributed by atoms with Gasteiger partial charge in [0.15, 0.2) is 8.32 Å². The summed E-state index contributed by atoms with van der Waals surface area (Å²) in [5.41, 5.74) is 1.24. The molecule has 0 aliphatic rings. The van der Waals surface area contributed by atoms with Crippen LogP contribution in [-0.4, -0.2) is 14.4 Å². The zero-order valence-corrected chi connectivity index (χ0v) is 13.1. The van der Waals surface area contributed by atoms with Crippen molar-refractivity contribution in [2.24, 2.45) is 0 Å². The van der Waals surface area contributed by atoms with Gasteiger partial charge >= 0.3 is 0 Å². The largest absolute Gasteiger partial charge is 0.411 e. The third-order valence-corrected chi connectivity index (χ3v) is 8.47. The fourth-order valence-electron chi connectivity index (χ4n) is 2.24. The fraction of sp³-hybridized carbons (Fsp3) is 0.500. The highest BCUT2D eigenvalue weighted by molar-refractivity contribution is 6.73. The molecular weight excluding hydrogens is 236 g/mol. The topological polar surface area (TPSA) is 9.23 Å². The third-order valence-electron chi connectivity index (χ3n) is 3.73. The molecule has 1 aromatic rings. The van der Waals surface area contributed by atoms with Crippen molar-refractivity contribution in [3.05, 3.63) is 42.0 Å². The summed E-state index contributed by atoms with van der Waals surface area (Å²) in [5.74, 6) is 0. The molecule has 1 aromatic carbocycles. The second-order valence-corrected chi connectivity index (χ2v) is 9.56. The van der Waals surface area contributed by atoms with Crippen LogP contribution in [-0.2, 0) is 4.43 Å². The number of hydrogen-bond acceptors (Lipinski definition) is 1. The minimum absolute atomic E-state index is 0.219. The van der Waals surface area contributed by atoms with Crippen molar-refractivity contribution in [3.8, 4) is 0 Å². The maximum absolute atomic E-state index is 6.36. The van der Waals surface area contributed by atoms with Crippen molar-refractivity contribution < 1.29 is 4.43 Å². The molecule has 0 saturated carbocycles. The molecule has 2 heteroatoms. The summed E-state index contributed by atoms with van der Waals surface area (Å²) in [4.78, 5) is 0. The van der Waals surface area contributed by atoms with Crippen LogP contribution >= 0.6 is 0 Å². The second kappa shape index (κ2) is 7.55. The van der Waals surface area contributed by atoms with Crippen molar-refractivity contribution in [2.45, 2.75) is 51.9 Å². The average molecular weight is 262 g/mol. The van der Waals surface area contributed by atoms with E-state index < -0.39 is 8.32 Å². The van der Waals surface area contributed by atoms with Gasteiger partial charge in [0.25, 0.3) is 0 Å². The first-order valence-corrected chi connectivity index (χ1v) is 9.59. The number of benzene rings is 1. The van der Waals surface area contributed by atoms with E-state index in [1.54, 1.807) is 0 Å². The normalized spacial score (nSPS) is 14.0. The van der Waals surface area contributed by atoms with Crippen molar-refractivity contribution in [3.63, 3.8) is 0 Å². The van der Waals surface area contributed by atoms with Gasteiger partial charge in [0, 0.05) is 0 Å². The maximum atomic E-state index is 6.36. The van der Waals surface area contributed by atoms with Gasteiger partial charge in [0.05, 0.1) is 6.10 Å². The molecule has 0 radical (unpaired) electrons. The Balaban J connectivity index is 2.60. The van der Waals surface area contributed by atoms with Gasteiger partial charge in [-0.3, -0.25) is 0 Å². The van der Waals surface area contributed by atoms with E-state index in [1.807, 2.05) is 6.07 Å². The zero-order chi connectivity index (χ0) is 13.4. The van der Waals surface area contributed by atoms with Crippen LogP contribution in [0.25, 0.3) is 6.08 Å². The van der Waals surface area contributed by atoms with Crippen LogP contribution in [0.5, 0.6) is 0 Å². The summed E-state index contributed by atoms with van der Waals surface area (Å²) in [6.07, 6.45) is 4.56. The Hall–Kier alpha value is -0.863. The summed E-state index contributed by atoms with van der Waals surface area (Å²) in [5, 5.41) is 0. The van der Waals surface area contributed by atoms with Gasteiger partial charge in [-0.1, -0.05) is 63.3 Å². The van der Waals surface area contributed by atoms with Gasteiger partial charge in [-0.05, 0) is 30.6 Å². The van der Waals surface area contributed by atoms with Gasteiger partial charge in [0.2, 0.25) is 0 Å². The first-order valence-electron chi connectivity index (χ1n) is 7.07. The Labute approximate surface area is 113 Å². The molecule has 0 bridgehead atoms. The first kappa shape index (κ1) is 15.2. The van der Waals surface area contributed by atoms with Crippen LogP contribution in [0, 0.1) is 0 Å². The van der Waals surface area contributed by atoms with Crippen LogP contribution < -0.4 is 0 Å². The molecule has 0 amide bonds. The highest BCUT2D eigenvalue weighted by atomic mass is 28.4. The molecule has 100 valence electrons. The van der Waals surface area contributed by atoms with Crippen molar-refractivity contribution in [1.29, 1.82) is 0 Å². The van der Waals surface area contributed by atoms with Crippen LogP contribution in [0.15, 0.2) is 36.4 Å². The molecule has 0 spiro atoms. The Morgan fingerprint density at radius 1 is 1.06 bits per heavy atom. The molecule has 1 unspecified atom stereocenters. The molecular formula is C16H26OSi. The molecule has 1 atom stereocenters. The first-order chi connectivity index (χ1) is 8.65. The van der Waals surface area contributed by atoms with E-state index in [9.17, 15) is 0 Å². The highest BCUT2D eigenvalue weighted by Crippen LogP contribution is 2.23. The number of rotatable bonds is 7. The van der Waals surface area contributed by atoms with E-state index >= 15 is 0 Å². The van der Waals surface area contributed by atoms with Crippen LogP contribution in [0.4, 0.5) is 0 Å². The van der Waals surface area contributed by atoms with Crippen molar-refractivity contribution in [2.75, 3.05) is 0 Å². The van der Waals surface area contributed by atoms with Crippen LogP contribution in [0.3, 0.4) is 0 Å². The van der Waals surface area contributed by atoms with Gasteiger partial charge in [-0.25, -0.2) is 0 Å². The lowest BCUT2D eigenvalue weighted by Crippen LogP contribution is -2.38. The van der Waals surface area contributed by atoms with E-state index in [0.29, 0.717) is 0 Å². The monoisotopic (exact) mass is 262 g/mol. The van der Waals surface area contributed by atoms with Crippen molar-refractivity contribution >= 4 is 14.4 Å². The quantitative estimate of drug-likeness (QED) is 0.620. The smallest absolute Gasteiger partial charge is 0.192 e. The molecule has 0 saturated heterocycles.